The Morgan fingerprint density at radius 2 is 1.95 bits per heavy atom. The first-order valence-corrected chi connectivity index (χ1v) is 7.91. The molecule has 0 unspecified atom stereocenters. The zero-order valence-electron chi connectivity index (χ0n) is 11.8. The Morgan fingerprint density at radius 3 is 2.59 bits per heavy atom. The minimum absolute atomic E-state index is 0.211. The van der Waals surface area contributed by atoms with Gasteiger partial charge in [0.2, 0.25) is 5.91 Å². The molecule has 2 aromatic carbocycles. The summed E-state index contributed by atoms with van der Waals surface area (Å²) in [5.74, 6) is 5.44. The summed E-state index contributed by atoms with van der Waals surface area (Å²) in [7, 11) is 0. The highest BCUT2D eigenvalue weighted by Gasteiger charge is 2.10. The van der Waals surface area contributed by atoms with Crippen molar-refractivity contribution in [2.75, 3.05) is 0 Å². The number of rotatable bonds is 6. The number of hydrogen-bond acceptors (Lipinski definition) is 3. The highest BCUT2D eigenvalue weighted by Crippen LogP contribution is 2.35. The number of halogens is 2. The van der Waals surface area contributed by atoms with Crippen molar-refractivity contribution in [1.82, 2.24) is 5.43 Å². The van der Waals surface area contributed by atoms with Crippen LogP contribution in [0, 0.1) is 0 Å². The molecule has 0 aliphatic carbocycles. The first-order chi connectivity index (χ1) is 10.6. The molecule has 4 nitrogen and oxygen atoms in total. The minimum Gasteiger partial charge on any atom is -0.486 e. The van der Waals surface area contributed by atoms with E-state index in [1.807, 2.05) is 36.4 Å². The first kappa shape index (κ1) is 16.8. The average Bonchev–Trinajstić information content (AvgIpc) is 2.52. The molecule has 6 heteroatoms. The van der Waals surface area contributed by atoms with Crippen molar-refractivity contribution in [3.8, 4) is 5.75 Å². The van der Waals surface area contributed by atoms with Gasteiger partial charge in [-0.15, -0.1) is 0 Å². The maximum absolute atomic E-state index is 11.2. The van der Waals surface area contributed by atoms with E-state index in [0.29, 0.717) is 30.2 Å². The summed E-state index contributed by atoms with van der Waals surface area (Å²) in [5, 5.41) is 0.508. The Bertz CT molecular complexity index is 627. The molecule has 22 heavy (non-hydrogen) atoms. The van der Waals surface area contributed by atoms with Crippen molar-refractivity contribution in [2.24, 2.45) is 5.84 Å². The number of nitrogens with one attached hydrogen (secondary N) is 1. The van der Waals surface area contributed by atoms with E-state index in [1.54, 1.807) is 6.07 Å². The Hall–Kier alpha value is -1.56. The molecule has 0 aliphatic heterocycles. The van der Waals surface area contributed by atoms with Gasteiger partial charge in [0.25, 0.3) is 0 Å². The Labute approximate surface area is 142 Å². The highest BCUT2D eigenvalue weighted by atomic mass is 79.9. The quantitative estimate of drug-likeness (QED) is 0.455. The molecule has 3 N–H and O–H groups in total. The van der Waals surface area contributed by atoms with Gasteiger partial charge in [-0.1, -0.05) is 41.9 Å². The largest absolute Gasteiger partial charge is 0.486 e. The molecule has 0 heterocycles. The summed E-state index contributed by atoms with van der Waals surface area (Å²) < 4.78 is 6.54. The average molecular weight is 384 g/mol. The fourth-order valence-electron chi connectivity index (χ4n) is 1.95. The molecule has 0 radical (unpaired) electrons. The van der Waals surface area contributed by atoms with Gasteiger partial charge < -0.3 is 4.74 Å². The van der Waals surface area contributed by atoms with Crippen molar-refractivity contribution in [1.29, 1.82) is 0 Å². The van der Waals surface area contributed by atoms with E-state index < -0.39 is 0 Å². The molecule has 0 fully saturated rings. The van der Waals surface area contributed by atoms with Gasteiger partial charge in [-0.25, -0.2) is 5.84 Å². The Kier molecular flexibility index (Phi) is 6.24. The SMILES string of the molecule is NNC(=O)CCc1cc(Cl)c(OCc2ccccc2)c(Br)c1. The molecule has 116 valence electrons. The van der Waals surface area contributed by atoms with Crippen LogP contribution in [0.3, 0.4) is 0 Å². The van der Waals surface area contributed by atoms with Gasteiger partial charge >= 0.3 is 0 Å². The van der Waals surface area contributed by atoms with Crippen LogP contribution in [0.25, 0.3) is 0 Å². The summed E-state index contributed by atoms with van der Waals surface area (Å²) in [6.07, 6.45) is 0.865. The van der Waals surface area contributed by atoms with Crippen LogP contribution < -0.4 is 16.0 Å². The number of ether oxygens (including phenoxy) is 1. The number of amides is 1. The summed E-state index contributed by atoms with van der Waals surface area (Å²) in [4.78, 5) is 11.2. The lowest BCUT2D eigenvalue weighted by molar-refractivity contribution is -0.121. The number of hydrogen-bond donors (Lipinski definition) is 2. The number of aryl methyl sites for hydroxylation is 1. The van der Waals surface area contributed by atoms with Gasteiger partial charge in [0.05, 0.1) is 9.50 Å². The lowest BCUT2D eigenvalue weighted by atomic mass is 10.1. The van der Waals surface area contributed by atoms with Crippen LogP contribution in [0.5, 0.6) is 5.75 Å². The highest BCUT2D eigenvalue weighted by molar-refractivity contribution is 9.10. The Morgan fingerprint density at radius 1 is 1.23 bits per heavy atom. The third-order valence-corrected chi connectivity index (χ3v) is 3.96. The maximum Gasteiger partial charge on any atom is 0.234 e. The van der Waals surface area contributed by atoms with E-state index in [9.17, 15) is 4.79 Å². The number of benzene rings is 2. The predicted molar refractivity (Wildman–Crippen MR) is 90.6 cm³/mol. The van der Waals surface area contributed by atoms with Gasteiger partial charge in [0.1, 0.15) is 6.61 Å². The molecular formula is C16H16BrClN2O2. The van der Waals surface area contributed by atoms with Crippen LogP contribution >= 0.6 is 27.5 Å². The fourth-order valence-corrected chi connectivity index (χ4v) is 2.99. The van der Waals surface area contributed by atoms with Crippen molar-refractivity contribution in [3.63, 3.8) is 0 Å². The molecule has 0 spiro atoms. The van der Waals surface area contributed by atoms with E-state index >= 15 is 0 Å². The normalized spacial score (nSPS) is 10.3. The van der Waals surface area contributed by atoms with E-state index in [2.05, 4.69) is 21.4 Å². The first-order valence-electron chi connectivity index (χ1n) is 6.74. The van der Waals surface area contributed by atoms with E-state index in [0.717, 1.165) is 15.6 Å². The van der Waals surface area contributed by atoms with Gasteiger partial charge in [0, 0.05) is 6.42 Å². The minimum atomic E-state index is -0.211. The number of carbonyl (C=O) groups is 1. The molecule has 0 bridgehead atoms. The van der Waals surface area contributed by atoms with Crippen LogP contribution in [-0.2, 0) is 17.8 Å². The fraction of sp³-hybridized carbons (Fsp3) is 0.188. The van der Waals surface area contributed by atoms with Crippen LogP contribution in [0.2, 0.25) is 5.02 Å². The molecular weight excluding hydrogens is 368 g/mol. The van der Waals surface area contributed by atoms with Gasteiger partial charge in [-0.05, 0) is 45.6 Å². The van der Waals surface area contributed by atoms with Gasteiger partial charge in [-0.3, -0.25) is 10.2 Å². The molecule has 0 atom stereocenters. The third-order valence-electron chi connectivity index (χ3n) is 3.09. The standard InChI is InChI=1S/C16H16BrClN2O2/c17-13-8-12(6-7-15(21)20-19)9-14(18)16(13)22-10-11-4-2-1-3-5-11/h1-5,8-9H,6-7,10,19H2,(H,20,21). The van der Waals surface area contributed by atoms with Gasteiger partial charge in [-0.2, -0.15) is 0 Å². The monoisotopic (exact) mass is 382 g/mol. The second kappa shape index (κ2) is 8.17. The van der Waals surface area contributed by atoms with E-state index in [1.165, 1.54) is 0 Å². The molecule has 0 aliphatic rings. The third kappa shape index (κ3) is 4.73. The van der Waals surface area contributed by atoms with Crippen molar-refractivity contribution in [2.45, 2.75) is 19.4 Å². The number of hydrazine groups is 1. The number of nitrogens with two attached hydrogens (primary N) is 1. The van der Waals surface area contributed by atoms with Gasteiger partial charge in [0.15, 0.2) is 5.75 Å². The second-order valence-electron chi connectivity index (χ2n) is 4.73. The summed E-state index contributed by atoms with van der Waals surface area (Å²) in [6, 6.07) is 13.6. The van der Waals surface area contributed by atoms with Crippen molar-refractivity contribution in [3.05, 3.63) is 63.1 Å². The molecule has 0 saturated carbocycles. The lowest BCUT2D eigenvalue weighted by Crippen LogP contribution is -2.30. The van der Waals surface area contributed by atoms with Crippen LogP contribution in [0.15, 0.2) is 46.9 Å². The molecule has 2 aromatic rings. The number of carbonyl (C=O) groups excluding carboxylic acids is 1. The van der Waals surface area contributed by atoms with Crippen molar-refractivity contribution < 1.29 is 9.53 Å². The zero-order valence-corrected chi connectivity index (χ0v) is 14.2. The summed E-state index contributed by atoms with van der Waals surface area (Å²) in [5.41, 5.74) is 4.11. The zero-order chi connectivity index (χ0) is 15.9. The van der Waals surface area contributed by atoms with Crippen LogP contribution in [0.1, 0.15) is 17.5 Å². The Balaban J connectivity index is 2.05. The smallest absolute Gasteiger partial charge is 0.234 e. The topological polar surface area (TPSA) is 64.3 Å². The molecule has 0 saturated heterocycles. The predicted octanol–water partition coefficient (Wildman–Crippen LogP) is 3.60. The van der Waals surface area contributed by atoms with Crippen LogP contribution in [-0.4, -0.2) is 5.91 Å². The molecule has 0 aromatic heterocycles. The second-order valence-corrected chi connectivity index (χ2v) is 5.99. The van der Waals surface area contributed by atoms with Crippen molar-refractivity contribution >= 4 is 33.4 Å². The molecule has 1 amide bonds. The van der Waals surface area contributed by atoms with Crippen LogP contribution in [0.4, 0.5) is 0 Å². The van der Waals surface area contributed by atoms with E-state index in [4.69, 9.17) is 22.2 Å². The van der Waals surface area contributed by atoms with E-state index in [-0.39, 0.29) is 5.91 Å². The summed E-state index contributed by atoms with van der Waals surface area (Å²) in [6.45, 7) is 0.439. The molecule has 2 rings (SSSR count). The summed E-state index contributed by atoms with van der Waals surface area (Å²) >= 11 is 9.73. The lowest BCUT2D eigenvalue weighted by Gasteiger charge is -2.12. The maximum atomic E-state index is 11.2.